The van der Waals surface area contributed by atoms with Crippen LogP contribution in [-0.2, 0) is 28.7 Å². The molecule has 0 spiro atoms. The Kier molecular flexibility index (Phi) is 13.6. The van der Waals surface area contributed by atoms with Gasteiger partial charge in [-0.05, 0) is 86.8 Å². The fraction of sp³-hybridized carbons (Fsp3) is 0.289. The van der Waals surface area contributed by atoms with E-state index in [1.807, 2.05) is 74.5 Å². The summed E-state index contributed by atoms with van der Waals surface area (Å²) in [6.07, 6.45) is 5.47. The molecule has 0 fully saturated rings. The van der Waals surface area contributed by atoms with Gasteiger partial charge in [0.2, 0.25) is 5.91 Å². The minimum Gasteiger partial charge on any atom is -0.497 e. The molecule has 0 saturated carbocycles. The number of methoxy groups -OCH3 is 1. The van der Waals surface area contributed by atoms with Crippen molar-refractivity contribution in [3.05, 3.63) is 134 Å². The lowest BCUT2D eigenvalue weighted by atomic mass is 10.1. The Bertz CT molecular complexity index is 2040. The van der Waals surface area contributed by atoms with Crippen LogP contribution in [0.2, 0.25) is 0 Å². The normalized spacial score (nSPS) is 11.9. The van der Waals surface area contributed by atoms with Crippen LogP contribution in [-0.4, -0.2) is 77.8 Å². The van der Waals surface area contributed by atoms with E-state index in [0.717, 1.165) is 35.7 Å². The molecule has 268 valence electrons. The molecular formula is C38H39F4N5O4. The standard InChI is InChI=1S/C21H25F4N3O2.C17H14N2O2/c1-27(2)8-10-30-11-9-28(15-17-4-3-7-26-14-17)20(29)13-16-5-6-18(19(22)12-16)21(23,24)25;1-12-18-16-7-5-3-4-6-15(16)17(20)19(12)13-8-10-14(21-2)11-9-13/h3-7,12,14H,8-11,13,15H2,1-2H3;3-5,7-11H,1-2H3. The van der Waals surface area contributed by atoms with Gasteiger partial charge in [0.15, 0.2) is 0 Å². The summed E-state index contributed by atoms with van der Waals surface area (Å²) in [6, 6.07) is 13.4. The Balaban J connectivity index is 0.000000242. The molecule has 13 heteroatoms. The molecule has 1 aliphatic carbocycles. The Morgan fingerprint density at radius 2 is 1.75 bits per heavy atom. The molecule has 51 heavy (non-hydrogen) atoms. The number of benzene rings is 2. The summed E-state index contributed by atoms with van der Waals surface area (Å²) in [6.45, 7) is 3.93. The van der Waals surface area contributed by atoms with Crippen LogP contribution < -0.4 is 20.9 Å². The van der Waals surface area contributed by atoms with Crippen molar-refractivity contribution in [3.63, 3.8) is 0 Å². The van der Waals surface area contributed by atoms with Crippen molar-refractivity contribution in [2.75, 3.05) is 47.5 Å². The Labute approximate surface area is 293 Å². The maximum atomic E-state index is 13.8. The molecule has 1 aliphatic rings. The average molecular weight is 706 g/mol. The van der Waals surface area contributed by atoms with Gasteiger partial charge in [0.25, 0.3) is 5.56 Å². The smallest absolute Gasteiger partial charge is 0.419 e. The number of rotatable bonds is 12. The molecule has 0 aliphatic heterocycles. The van der Waals surface area contributed by atoms with Crippen LogP contribution in [0.3, 0.4) is 0 Å². The van der Waals surface area contributed by atoms with E-state index in [-0.39, 0.29) is 30.0 Å². The summed E-state index contributed by atoms with van der Waals surface area (Å²) >= 11 is 0. The highest BCUT2D eigenvalue weighted by Crippen LogP contribution is 2.31. The second kappa shape index (κ2) is 18.0. The number of hydrogen-bond acceptors (Lipinski definition) is 7. The predicted octanol–water partition coefficient (Wildman–Crippen LogP) is 4.22. The molecule has 9 nitrogen and oxygen atoms in total. The zero-order valence-electron chi connectivity index (χ0n) is 28.8. The SMILES string of the molecule is CN(C)CCOCCN(Cc1cccnc1)C(=O)Cc1ccc(C(F)(F)F)c(F)c1.COc1ccc(-n2c(C)nc3c(c2=O)=C=CC=CC=3)cc1. The number of carbonyl (C=O) groups is 1. The zero-order valence-corrected chi connectivity index (χ0v) is 28.8. The average Bonchev–Trinajstić information content (AvgIpc) is 3.34. The third kappa shape index (κ3) is 11.1. The van der Waals surface area contributed by atoms with Gasteiger partial charge in [-0.1, -0.05) is 24.3 Å². The van der Waals surface area contributed by atoms with E-state index >= 15 is 0 Å². The molecule has 2 heterocycles. The maximum Gasteiger partial charge on any atom is 0.419 e. The largest absolute Gasteiger partial charge is 0.497 e. The van der Waals surface area contributed by atoms with Gasteiger partial charge in [-0.3, -0.25) is 19.1 Å². The number of carbonyl (C=O) groups excluding carboxylic acids is 1. The summed E-state index contributed by atoms with van der Waals surface area (Å²) in [5, 5.41) is 1.12. The van der Waals surface area contributed by atoms with Gasteiger partial charge >= 0.3 is 6.18 Å². The van der Waals surface area contributed by atoms with Crippen LogP contribution in [0.5, 0.6) is 5.75 Å². The van der Waals surface area contributed by atoms with Crippen molar-refractivity contribution in [1.29, 1.82) is 0 Å². The van der Waals surface area contributed by atoms with Crippen molar-refractivity contribution in [1.82, 2.24) is 24.3 Å². The number of allylic oxidation sites excluding steroid dienone is 3. The molecular weight excluding hydrogens is 666 g/mol. The molecule has 0 unspecified atom stereocenters. The minimum absolute atomic E-state index is 0.126. The number of aromatic nitrogens is 3. The molecule has 2 aromatic heterocycles. The third-order valence-corrected chi connectivity index (χ3v) is 7.63. The first kappa shape index (κ1) is 38.4. The van der Waals surface area contributed by atoms with Gasteiger partial charge in [-0.15, -0.1) is 5.73 Å². The summed E-state index contributed by atoms with van der Waals surface area (Å²) in [7, 11) is 5.45. The number of hydrogen-bond donors (Lipinski definition) is 0. The van der Waals surface area contributed by atoms with Gasteiger partial charge in [-0.2, -0.15) is 13.2 Å². The summed E-state index contributed by atoms with van der Waals surface area (Å²) in [4.78, 5) is 37.5. The second-order valence-electron chi connectivity index (χ2n) is 11.7. The number of alkyl halides is 3. The van der Waals surface area contributed by atoms with Crippen LogP contribution in [0.25, 0.3) is 17.5 Å². The molecule has 1 amide bonds. The lowest BCUT2D eigenvalue weighted by molar-refractivity contribution is -0.140. The van der Waals surface area contributed by atoms with E-state index in [4.69, 9.17) is 9.47 Å². The molecule has 2 aromatic carbocycles. The van der Waals surface area contributed by atoms with Crippen LogP contribution in [0.4, 0.5) is 17.6 Å². The summed E-state index contributed by atoms with van der Waals surface area (Å²) in [5.74, 6) is -0.346. The number of nitrogens with zero attached hydrogens (tertiary/aromatic N) is 5. The number of amides is 1. The fourth-order valence-electron chi connectivity index (χ4n) is 4.99. The van der Waals surface area contributed by atoms with E-state index in [2.05, 4.69) is 15.7 Å². The quantitative estimate of drug-likeness (QED) is 0.161. The third-order valence-electron chi connectivity index (χ3n) is 7.63. The maximum absolute atomic E-state index is 13.8. The monoisotopic (exact) mass is 705 g/mol. The second-order valence-corrected chi connectivity index (χ2v) is 11.7. The molecule has 0 radical (unpaired) electrons. The van der Waals surface area contributed by atoms with E-state index < -0.39 is 17.6 Å². The lowest BCUT2D eigenvalue weighted by Crippen LogP contribution is -2.46. The molecule has 0 saturated heterocycles. The zero-order chi connectivity index (χ0) is 37.0. The van der Waals surface area contributed by atoms with E-state index in [1.165, 1.54) is 4.90 Å². The first-order valence-electron chi connectivity index (χ1n) is 16.0. The highest BCUT2D eigenvalue weighted by Gasteiger charge is 2.34. The van der Waals surface area contributed by atoms with E-state index in [0.29, 0.717) is 42.2 Å². The number of ether oxygens (including phenoxy) is 2. The summed E-state index contributed by atoms with van der Waals surface area (Å²) in [5.41, 5.74) is 3.25. The van der Waals surface area contributed by atoms with Gasteiger partial charge in [0.05, 0.1) is 43.3 Å². The topological polar surface area (TPSA) is 89.8 Å². The van der Waals surface area contributed by atoms with Crippen molar-refractivity contribution < 1.29 is 31.8 Å². The van der Waals surface area contributed by atoms with Crippen LogP contribution in [0.1, 0.15) is 22.5 Å². The molecule has 5 rings (SSSR count). The number of likely N-dealkylation sites (N-methyl/N-ethyl adjacent to an activating group) is 1. The Morgan fingerprint density at radius 3 is 2.39 bits per heavy atom. The van der Waals surface area contributed by atoms with Gasteiger partial charge in [-0.25, -0.2) is 9.37 Å². The van der Waals surface area contributed by atoms with Gasteiger partial charge in [0, 0.05) is 32.0 Å². The van der Waals surface area contributed by atoms with Crippen LogP contribution in [0.15, 0.2) is 90.0 Å². The molecule has 4 aromatic rings. The fourth-order valence-corrected chi connectivity index (χ4v) is 4.99. The number of pyridine rings is 1. The van der Waals surface area contributed by atoms with Crippen molar-refractivity contribution in [2.24, 2.45) is 0 Å². The van der Waals surface area contributed by atoms with E-state index in [9.17, 15) is 27.2 Å². The Morgan fingerprint density at radius 1 is 1.00 bits per heavy atom. The highest BCUT2D eigenvalue weighted by molar-refractivity contribution is 5.78. The van der Waals surface area contributed by atoms with Gasteiger partial charge in [0.1, 0.15) is 22.6 Å². The summed E-state index contributed by atoms with van der Waals surface area (Å²) < 4.78 is 64.3. The first-order chi connectivity index (χ1) is 24.4. The van der Waals surface area contributed by atoms with Crippen LogP contribution in [0, 0.1) is 12.7 Å². The Hall–Kier alpha value is -5.36. The van der Waals surface area contributed by atoms with Crippen molar-refractivity contribution >= 4 is 17.7 Å². The van der Waals surface area contributed by atoms with Gasteiger partial charge < -0.3 is 19.3 Å². The van der Waals surface area contributed by atoms with Crippen molar-refractivity contribution in [2.45, 2.75) is 26.1 Å². The van der Waals surface area contributed by atoms with E-state index in [1.54, 1.807) is 36.2 Å². The number of aryl methyl sites for hydroxylation is 1. The molecule has 0 atom stereocenters. The minimum atomic E-state index is -4.77. The first-order valence-corrected chi connectivity index (χ1v) is 16.0. The van der Waals surface area contributed by atoms with Crippen LogP contribution >= 0.6 is 0 Å². The molecule has 0 N–H and O–H groups in total. The molecule has 0 bridgehead atoms. The predicted molar refractivity (Wildman–Crippen MR) is 186 cm³/mol. The number of fused-ring (bicyclic) bond motifs is 1. The number of halogens is 4. The highest BCUT2D eigenvalue weighted by atomic mass is 19.4. The van der Waals surface area contributed by atoms with Crippen molar-refractivity contribution in [3.8, 4) is 11.4 Å². The lowest BCUT2D eigenvalue weighted by Gasteiger charge is -2.23.